The van der Waals surface area contributed by atoms with Crippen LogP contribution in [-0.4, -0.2) is 49.2 Å². The average molecular weight is 388 g/mol. The van der Waals surface area contributed by atoms with E-state index < -0.39 is 0 Å². The van der Waals surface area contributed by atoms with Gasteiger partial charge in [-0.25, -0.2) is 4.79 Å². The number of hydrogen-bond donors (Lipinski definition) is 2. The summed E-state index contributed by atoms with van der Waals surface area (Å²) in [6, 6.07) is 7.15. The molecule has 1 heterocycles. The summed E-state index contributed by atoms with van der Waals surface area (Å²) in [7, 11) is 0. The van der Waals surface area contributed by atoms with Crippen LogP contribution in [0.25, 0.3) is 0 Å². The number of urea groups is 1. The molecule has 0 bridgehead atoms. The molecule has 2 N–H and O–H groups in total. The van der Waals surface area contributed by atoms with E-state index in [0.29, 0.717) is 43.5 Å². The van der Waals surface area contributed by atoms with Gasteiger partial charge in [-0.15, -0.1) is 0 Å². The molecule has 1 aliphatic heterocycles. The first kappa shape index (κ1) is 20.6. The van der Waals surface area contributed by atoms with Crippen LogP contribution in [0.15, 0.2) is 24.3 Å². The fourth-order valence-corrected chi connectivity index (χ4v) is 4.38. The number of benzene rings is 1. The fraction of sp³-hybridized carbons (Fsp3) is 0.636. The zero-order valence-corrected chi connectivity index (χ0v) is 17.3. The Morgan fingerprint density at radius 3 is 2.46 bits per heavy atom. The third-order valence-electron chi connectivity index (χ3n) is 5.90. The van der Waals surface area contributed by atoms with Gasteiger partial charge in [0.25, 0.3) is 5.91 Å². The summed E-state index contributed by atoms with van der Waals surface area (Å²) < 4.78 is 5.33. The molecular weight excluding hydrogens is 354 g/mol. The number of nitrogens with zero attached hydrogens (tertiary/aromatic N) is 1. The van der Waals surface area contributed by atoms with E-state index in [-0.39, 0.29) is 23.4 Å². The molecule has 2 fully saturated rings. The first-order valence-electron chi connectivity index (χ1n) is 10.4. The molecule has 154 valence electrons. The lowest BCUT2D eigenvalue weighted by Gasteiger charge is -2.40. The van der Waals surface area contributed by atoms with E-state index in [1.807, 2.05) is 12.1 Å². The van der Waals surface area contributed by atoms with Crippen LogP contribution in [0.3, 0.4) is 0 Å². The number of ether oxygens (including phenoxy) is 1. The van der Waals surface area contributed by atoms with E-state index >= 15 is 0 Å². The van der Waals surface area contributed by atoms with Gasteiger partial charge in [-0.3, -0.25) is 4.79 Å². The van der Waals surface area contributed by atoms with Gasteiger partial charge in [-0.2, -0.15) is 0 Å². The number of amides is 3. The number of carbonyl (C=O) groups excluding carboxylic acids is 2. The van der Waals surface area contributed by atoms with Crippen LogP contribution in [0.5, 0.6) is 0 Å². The highest BCUT2D eigenvalue weighted by Crippen LogP contribution is 2.38. The number of hydrogen-bond acceptors (Lipinski definition) is 3. The summed E-state index contributed by atoms with van der Waals surface area (Å²) in [5, 5.41) is 6.10. The number of nitrogens with one attached hydrogen (secondary N) is 2. The van der Waals surface area contributed by atoms with Gasteiger partial charge in [0.2, 0.25) is 0 Å². The van der Waals surface area contributed by atoms with E-state index in [0.717, 1.165) is 19.3 Å². The molecule has 1 aromatic rings. The maximum Gasteiger partial charge on any atom is 0.319 e. The third kappa shape index (κ3) is 5.04. The summed E-state index contributed by atoms with van der Waals surface area (Å²) in [5.41, 5.74) is 1.23. The number of anilines is 1. The predicted molar refractivity (Wildman–Crippen MR) is 111 cm³/mol. The summed E-state index contributed by atoms with van der Waals surface area (Å²) in [5.74, 6) is 0.390. The summed E-state index contributed by atoms with van der Waals surface area (Å²) in [6.07, 6.45) is 4.51. The largest absolute Gasteiger partial charge is 0.378 e. The van der Waals surface area contributed by atoms with Crippen molar-refractivity contribution in [3.8, 4) is 0 Å². The highest BCUT2D eigenvalue weighted by atomic mass is 16.5. The van der Waals surface area contributed by atoms with Crippen molar-refractivity contribution in [2.24, 2.45) is 11.3 Å². The smallest absolute Gasteiger partial charge is 0.319 e. The van der Waals surface area contributed by atoms with E-state index in [1.165, 1.54) is 6.42 Å². The summed E-state index contributed by atoms with van der Waals surface area (Å²) in [4.78, 5) is 27.4. The Hall–Kier alpha value is -2.08. The first-order chi connectivity index (χ1) is 13.4. The lowest BCUT2D eigenvalue weighted by atomic mass is 9.69. The van der Waals surface area contributed by atoms with Crippen molar-refractivity contribution in [2.75, 3.05) is 31.6 Å². The van der Waals surface area contributed by atoms with E-state index in [9.17, 15) is 9.59 Å². The van der Waals surface area contributed by atoms with Gasteiger partial charge in [0.15, 0.2) is 0 Å². The number of rotatable bonds is 3. The minimum Gasteiger partial charge on any atom is -0.378 e. The number of morpholine rings is 1. The molecule has 1 saturated heterocycles. The molecule has 28 heavy (non-hydrogen) atoms. The van der Waals surface area contributed by atoms with Crippen LogP contribution in [0, 0.1) is 11.3 Å². The van der Waals surface area contributed by atoms with Crippen LogP contribution in [0.1, 0.15) is 56.8 Å². The third-order valence-corrected chi connectivity index (χ3v) is 5.90. The van der Waals surface area contributed by atoms with Crippen LogP contribution in [-0.2, 0) is 4.74 Å². The molecule has 0 radical (unpaired) electrons. The SMILES string of the molecule is CC(C)(C)[C@H]1CCCC[C@@H]1NC(=O)Nc1ccccc1C(=O)N1CCOCC1. The topological polar surface area (TPSA) is 70.7 Å². The molecule has 2 aliphatic rings. The second kappa shape index (κ2) is 8.95. The Labute approximate surface area is 168 Å². The van der Waals surface area contributed by atoms with Gasteiger partial charge in [0, 0.05) is 19.1 Å². The average Bonchev–Trinajstić information content (AvgIpc) is 2.68. The molecule has 1 aliphatic carbocycles. The molecule has 1 aromatic carbocycles. The molecule has 2 atom stereocenters. The van der Waals surface area contributed by atoms with Crippen molar-refractivity contribution >= 4 is 17.6 Å². The van der Waals surface area contributed by atoms with E-state index in [1.54, 1.807) is 17.0 Å². The Morgan fingerprint density at radius 1 is 1.07 bits per heavy atom. The maximum atomic E-state index is 12.9. The highest BCUT2D eigenvalue weighted by Gasteiger charge is 2.35. The Kier molecular flexibility index (Phi) is 6.60. The van der Waals surface area contributed by atoms with E-state index in [4.69, 9.17) is 4.74 Å². The standard InChI is InChI=1S/C22H33N3O3/c1-22(2,3)17-9-5-7-11-19(17)24-21(27)23-18-10-6-4-8-16(18)20(26)25-12-14-28-15-13-25/h4,6,8,10,17,19H,5,7,9,11-15H2,1-3H3,(H2,23,24,27)/t17-,19-/m0/s1. The van der Waals surface area contributed by atoms with Crippen LogP contribution < -0.4 is 10.6 Å². The zero-order valence-electron chi connectivity index (χ0n) is 17.3. The summed E-state index contributed by atoms with van der Waals surface area (Å²) in [6.45, 7) is 8.99. The molecule has 6 heteroatoms. The Balaban J connectivity index is 1.68. The van der Waals surface area contributed by atoms with E-state index in [2.05, 4.69) is 31.4 Å². The van der Waals surface area contributed by atoms with Crippen molar-refractivity contribution in [1.82, 2.24) is 10.2 Å². The molecule has 3 amide bonds. The van der Waals surface area contributed by atoms with Crippen molar-refractivity contribution in [3.63, 3.8) is 0 Å². The van der Waals surface area contributed by atoms with Gasteiger partial charge >= 0.3 is 6.03 Å². The monoisotopic (exact) mass is 387 g/mol. The molecule has 6 nitrogen and oxygen atoms in total. The van der Waals surface area contributed by atoms with Crippen molar-refractivity contribution in [3.05, 3.63) is 29.8 Å². The van der Waals surface area contributed by atoms with Crippen LogP contribution in [0.2, 0.25) is 0 Å². The minimum atomic E-state index is -0.233. The lowest BCUT2D eigenvalue weighted by molar-refractivity contribution is 0.0303. The predicted octanol–water partition coefficient (Wildman–Crippen LogP) is 3.89. The lowest BCUT2D eigenvalue weighted by Crippen LogP contribution is -2.48. The van der Waals surface area contributed by atoms with Crippen molar-refractivity contribution < 1.29 is 14.3 Å². The molecule has 1 saturated carbocycles. The second-order valence-corrected chi connectivity index (χ2v) is 8.91. The highest BCUT2D eigenvalue weighted by molar-refractivity contribution is 6.03. The number of carbonyl (C=O) groups is 2. The molecule has 0 spiro atoms. The minimum absolute atomic E-state index is 0.0653. The van der Waals surface area contributed by atoms with Crippen LogP contribution >= 0.6 is 0 Å². The quantitative estimate of drug-likeness (QED) is 0.827. The maximum absolute atomic E-state index is 12.9. The van der Waals surface area contributed by atoms with Gasteiger partial charge in [0.1, 0.15) is 0 Å². The number of para-hydroxylation sites is 1. The fourth-order valence-electron chi connectivity index (χ4n) is 4.38. The second-order valence-electron chi connectivity index (χ2n) is 8.91. The Bertz CT molecular complexity index is 693. The molecule has 0 unspecified atom stereocenters. The van der Waals surface area contributed by atoms with Gasteiger partial charge in [-0.05, 0) is 36.3 Å². The first-order valence-corrected chi connectivity index (χ1v) is 10.4. The van der Waals surface area contributed by atoms with Gasteiger partial charge < -0.3 is 20.3 Å². The molecule has 0 aromatic heterocycles. The molecular formula is C22H33N3O3. The van der Waals surface area contributed by atoms with Gasteiger partial charge in [0.05, 0.1) is 24.5 Å². The molecule has 3 rings (SSSR count). The van der Waals surface area contributed by atoms with Gasteiger partial charge in [-0.1, -0.05) is 45.7 Å². The van der Waals surface area contributed by atoms with Crippen molar-refractivity contribution in [1.29, 1.82) is 0 Å². The summed E-state index contributed by atoms with van der Waals surface area (Å²) >= 11 is 0. The zero-order chi connectivity index (χ0) is 20.1. The Morgan fingerprint density at radius 2 is 1.75 bits per heavy atom. The van der Waals surface area contributed by atoms with Crippen molar-refractivity contribution in [2.45, 2.75) is 52.5 Å². The van der Waals surface area contributed by atoms with Crippen LogP contribution in [0.4, 0.5) is 10.5 Å². The normalized spacial score (nSPS) is 23.2.